The van der Waals surface area contributed by atoms with Gasteiger partial charge in [0.05, 0.1) is 11.4 Å². The lowest BCUT2D eigenvalue weighted by Crippen LogP contribution is -1.99. The van der Waals surface area contributed by atoms with Crippen molar-refractivity contribution in [3.63, 3.8) is 0 Å². The molecule has 0 spiro atoms. The van der Waals surface area contributed by atoms with Gasteiger partial charge in [-0.2, -0.15) is 5.10 Å². The van der Waals surface area contributed by atoms with Crippen LogP contribution < -0.4 is 5.73 Å². The number of allylic oxidation sites excluding steroid dienone is 1. The van der Waals surface area contributed by atoms with Gasteiger partial charge < -0.3 is 5.73 Å². The van der Waals surface area contributed by atoms with E-state index in [0.29, 0.717) is 0 Å². The molecule has 3 rings (SSSR count). The topological polar surface area (TPSA) is 43.8 Å². The Hall–Kier alpha value is -2.03. The third kappa shape index (κ3) is 2.24. The summed E-state index contributed by atoms with van der Waals surface area (Å²) < 4.78 is 2.08. The second-order valence-electron chi connectivity index (χ2n) is 5.32. The summed E-state index contributed by atoms with van der Waals surface area (Å²) in [5, 5.41) is 4.61. The number of nitrogens with two attached hydrogens (primary N) is 1. The number of benzene rings is 1. The molecule has 0 unspecified atom stereocenters. The SMILES string of the molecule is CCc1cc(C=C2CCc3cc(N)ccc32)n(CC)n1. The molecule has 0 aliphatic heterocycles. The molecule has 0 atom stereocenters. The summed E-state index contributed by atoms with van der Waals surface area (Å²) in [4.78, 5) is 0. The molecule has 3 nitrogen and oxygen atoms in total. The zero-order valence-corrected chi connectivity index (χ0v) is 12.2. The van der Waals surface area contributed by atoms with Gasteiger partial charge in [0, 0.05) is 12.2 Å². The Morgan fingerprint density at radius 1 is 1.25 bits per heavy atom. The van der Waals surface area contributed by atoms with Gasteiger partial charge in [0.1, 0.15) is 0 Å². The number of aryl methyl sites for hydroxylation is 3. The monoisotopic (exact) mass is 267 g/mol. The molecule has 20 heavy (non-hydrogen) atoms. The van der Waals surface area contributed by atoms with Crippen molar-refractivity contribution in [3.8, 4) is 0 Å². The highest BCUT2D eigenvalue weighted by atomic mass is 15.3. The Morgan fingerprint density at radius 2 is 2.10 bits per heavy atom. The molecule has 0 radical (unpaired) electrons. The van der Waals surface area contributed by atoms with E-state index in [4.69, 9.17) is 5.73 Å². The van der Waals surface area contributed by atoms with Crippen molar-refractivity contribution >= 4 is 17.3 Å². The van der Waals surface area contributed by atoms with Crippen molar-refractivity contribution in [2.24, 2.45) is 0 Å². The maximum absolute atomic E-state index is 5.86. The lowest BCUT2D eigenvalue weighted by molar-refractivity contribution is 0.643. The second kappa shape index (κ2) is 5.16. The summed E-state index contributed by atoms with van der Waals surface area (Å²) in [5.41, 5.74) is 13.2. The molecule has 0 saturated heterocycles. The smallest absolute Gasteiger partial charge is 0.0628 e. The molecular weight excluding hydrogens is 246 g/mol. The minimum atomic E-state index is 0.858. The predicted molar refractivity (Wildman–Crippen MR) is 84.3 cm³/mol. The number of rotatable bonds is 3. The average Bonchev–Trinajstić information content (AvgIpc) is 3.03. The molecule has 0 bridgehead atoms. The summed E-state index contributed by atoms with van der Waals surface area (Å²) in [6, 6.07) is 8.44. The Morgan fingerprint density at radius 3 is 2.85 bits per heavy atom. The zero-order chi connectivity index (χ0) is 14.1. The number of anilines is 1. The van der Waals surface area contributed by atoms with E-state index in [0.717, 1.165) is 37.2 Å². The van der Waals surface area contributed by atoms with Gasteiger partial charge in [-0.05, 0) is 67.2 Å². The first-order valence-electron chi connectivity index (χ1n) is 7.37. The van der Waals surface area contributed by atoms with E-state index in [2.05, 4.69) is 47.9 Å². The number of aromatic nitrogens is 2. The van der Waals surface area contributed by atoms with Crippen LogP contribution in [0.3, 0.4) is 0 Å². The van der Waals surface area contributed by atoms with E-state index in [1.54, 1.807) is 0 Å². The predicted octanol–water partition coefficient (Wildman–Crippen LogP) is 3.53. The highest BCUT2D eigenvalue weighted by Gasteiger charge is 2.17. The number of nitrogens with zero attached hydrogens (tertiary/aromatic N) is 2. The van der Waals surface area contributed by atoms with Crippen molar-refractivity contribution in [2.45, 2.75) is 39.7 Å². The molecule has 1 heterocycles. The molecule has 0 fully saturated rings. The Kier molecular flexibility index (Phi) is 3.35. The second-order valence-corrected chi connectivity index (χ2v) is 5.32. The summed E-state index contributed by atoms with van der Waals surface area (Å²) in [7, 11) is 0. The largest absolute Gasteiger partial charge is 0.399 e. The van der Waals surface area contributed by atoms with Crippen molar-refractivity contribution in [2.75, 3.05) is 5.73 Å². The van der Waals surface area contributed by atoms with E-state index >= 15 is 0 Å². The highest BCUT2D eigenvalue weighted by Crippen LogP contribution is 2.34. The average molecular weight is 267 g/mol. The van der Waals surface area contributed by atoms with Gasteiger partial charge in [0.15, 0.2) is 0 Å². The van der Waals surface area contributed by atoms with Gasteiger partial charge >= 0.3 is 0 Å². The Balaban J connectivity index is 2.01. The number of hydrogen-bond acceptors (Lipinski definition) is 2. The Bertz CT molecular complexity index is 665. The van der Waals surface area contributed by atoms with Crippen LogP contribution in [-0.2, 0) is 19.4 Å². The van der Waals surface area contributed by atoms with Crippen LogP contribution in [-0.4, -0.2) is 9.78 Å². The molecule has 1 aliphatic carbocycles. The van der Waals surface area contributed by atoms with Gasteiger partial charge in [0.25, 0.3) is 0 Å². The van der Waals surface area contributed by atoms with Gasteiger partial charge in [-0.1, -0.05) is 13.0 Å². The van der Waals surface area contributed by atoms with Crippen LogP contribution >= 0.6 is 0 Å². The first-order valence-corrected chi connectivity index (χ1v) is 7.37. The quantitative estimate of drug-likeness (QED) is 0.864. The molecule has 1 aromatic heterocycles. The number of nitrogen functional groups attached to an aromatic ring is 1. The summed E-state index contributed by atoms with van der Waals surface area (Å²) in [5.74, 6) is 0. The molecule has 2 N–H and O–H groups in total. The van der Waals surface area contributed by atoms with Crippen LogP contribution in [0.1, 0.15) is 42.8 Å². The van der Waals surface area contributed by atoms with Gasteiger partial charge in [-0.25, -0.2) is 0 Å². The van der Waals surface area contributed by atoms with Crippen LogP contribution in [0, 0.1) is 0 Å². The number of hydrogen-bond donors (Lipinski definition) is 1. The normalized spacial score (nSPS) is 15.8. The maximum atomic E-state index is 5.86. The summed E-state index contributed by atoms with van der Waals surface area (Å²) in [6.45, 7) is 5.19. The van der Waals surface area contributed by atoms with Crippen molar-refractivity contribution in [1.82, 2.24) is 9.78 Å². The summed E-state index contributed by atoms with van der Waals surface area (Å²) >= 11 is 0. The van der Waals surface area contributed by atoms with Crippen molar-refractivity contribution in [1.29, 1.82) is 0 Å². The minimum absolute atomic E-state index is 0.858. The third-order valence-corrected chi connectivity index (χ3v) is 3.98. The van der Waals surface area contributed by atoms with Gasteiger partial charge in [0.2, 0.25) is 0 Å². The van der Waals surface area contributed by atoms with Crippen LogP contribution in [0.2, 0.25) is 0 Å². The van der Waals surface area contributed by atoms with E-state index in [9.17, 15) is 0 Å². The first kappa shape index (κ1) is 13.0. The molecule has 1 aliphatic rings. The standard InChI is InChI=1S/C17H21N3/c1-3-15-11-16(20(4-2)19-15)10-13-6-5-12-9-14(18)7-8-17(12)13/h7-11H,3-6,18H2,1-2H3. The van der Waals surface area contributed by atoms with Crippen molar-refractivity contribution in [3.05, 3.63) is 46.8 Å². The molecule has 0 saturated carbocycles. The molecule has 104 valence electrons. The molecular formula is C17H21N3. The molecule has 0 amide bonds. The van der Waals surface area contributed by atoms with E-state index in [-0.39, 0.29) is 0 Å². The third-order valence-electron chi connectivity index (χ3n) is 3.98. The minimum Gasteiger partial charge on any atom is -0.399 e. The first-order chi connectivity index (χ1) is 9.71. The van der Waals surface area contributed by atoms with Crippen molar-refractivity contribution < 1.29 is 0 Å². The summed E-state index contributed by atoms with van der Waals surface area (Å²) in [6.07, 6.45) is 5.45. The van der Waals surface area contributed by atoms with E-state index < -0.39 is 0 Å². The van der Waals surface area contributed by atoms with Gasteiger partial charge in [-0.3, -0.25) is 4.68 Å². The lowest BCUT2D eigenvalue weighted by Gasteiger charge is -2.04. The zero-order valence-electron chi connectivity index (χ0n) is 12.2. The molecule has 2 aromatic rings. The van der Waals surface area contributed by atoms with Crippen LogP contribution in [0.25, 0.3) is 11.6 Å². The van der Waals surface area contributed by atoms with Crippen LogP contribution in [0.15, 0.2) is 24.3 Å². The highest BCUT2D eigenvalue weighted by molar-refractivity contribution is 5.85. The molecule has 3 heteroatoms. The van der Waals surface area contributed by atoms with E-state index in [1.165, 1.54) is 22.4 Å². The van der Waals surface area contributed by atoms with E-state index in [1.807, 2.05) is 6.07 Å². The Labute approximate surface area is 120 Å². The maximum Gasteiger partial charge on any atom is 0.0628 e. The lowest BCUT2D eigenvalue weighted by atomic mass is 10.1. The number of fused-ring (bicyclic) bond motifs is 1. The van der Waals surface area contributed by atoms with Crippen LogP contribution in [0.5, 0.6) is 0 Å². The molecule has 1 aromatic carbocycles. The fourth-order valence-electron chi connectivity index (χ4n) is 2.90. The fourth-order valence-corrected chi connectivity index (χ4v) is 2.90. The van der Waals surface area contributed by atoms with Gasteiger partial charge in [-0.15, -0.1) is 0 Å². The fraction of sp³-hybridized carbons (Fsp3) is 0.353. The van der Waals surface area contributed by atoms with Crippen LogP contribution in [0.4, 0.5) is 5.69 Å².